The highest BCUT2D eigenvalue weighted by Gasteiger charge is 2.19. The van der Waals surface area contributed by atoms with Gasteiger partial charge in [-0.3, -0.25) is 0 Å². The van der Waals surface area contributed by atoms with Gasteiger partial charge in [-0.15, -0.1) is 0 Å². The first-order valence-electron chi connectivity index (χ1n) is 10.5. The van der Waals surface area contributed by atoms with E-state index in [1.807, 2.05) is 12.1 Å². The maximum absolute atomic E-state index is 5.50. The van der Waals surface area contributed by atoms with Crippen molar-refractivity contribution in [2.24, 2.45) is 0 Å². The lowest BCUT2D eigenvalue weighted by atomic mass is 10.0. The fourth-order valence-corrected chi connectivity index (χ4v) is 3.80. The van der Waals surface area contributed by atoms with Crippen LogP contribution in [0.1, 0.15) is 43.2 Å². The molecule has 1 aliphatic rings. The predicted octanol–water partition coefficient (Wildman–Crippen LogP) is 5.19. The van der Waals surface area contributed by atoms with Crippen LogP contribution in [-0.2, 0) is 12.8 Å². The number of hydrogen-bond donors (Lipinski definition) is 0. The number of hydrogen-bond acceptors (Lipinski definition) is 6. The monoisotopic (exact) mass is 416 g/mol. The van der Waals surface area contributed by atoms with Crippen molar-refractivity contribution in [1.29, 1.82) is 0 Å². The van der Waals surface area contributed by atoms with Gasteiger partial charge in [0.25, 0.3) is 0 Å². The third kappa shape index (κ3) is 5.23. The average Bonchev–Trinajstić information content (AvgIpc) is 3.25. The fraction of sp³-hybridized carbons (Fsp3) is 0.500. The van der Waals surface area contributed by atoms with E-state index in [1.54, 1.807) is 28.4 Å². The van der Waals surface area contributed by atoms with Gasteiger partial charge in [0.1, 0.15) is 0 Å². The van der Waals surface area contributed by atoms with Gasteiger partial charge in [-0.25, -0.2) is 0 Å². The van der Waals surface area contributed by atoms with Crippen LogP contribution in [0.25, 0.3) is 0 Å². The van der Waals surface area contributed by atoms with Crippen molar-refractivity contribution in [3.8, 4) is 34.5 Å². The summed E-state index contributed by atoms with van der Waals surface area (Å²) in [6.07, 6.45) is 7.90. The van der Waals surface area contributed by atoms with Gasteiger partial charge in [0, 0.05) is 0 Å². The highest BCUT2D eigenvalue weighted by atomic mass is 16.7. The first-order valence-corrected chi connectivity index (χ1v) is 10.5. The van der Waals surface area contributed by atoms with Crippen molar-refractivity contribution >= 4 is 0 Å². The Morgan fingerprint density at radius 2 is 1.17 bits per heavy atom. The van der Waals surface area contributed by atoms with Crippen LogP contribution in [0, 0.1) is 0 Å². The molecule has 0 aliphatic carbocycles. The van der Waals surface area contributed by atoms with Crippen LogP contribution in [0.4, 0.5) is 0 Å². The molecule has 164 valence electrons. The van der Waals surface area contributed by atoms with Crippen molar-refractivity contribution in [3.63, 3.8) is 0 Å². The van der Waals surface area contributed by atoms with E-state index >= 15 is 0 Å². The minimum atomic E-state index is 0.265. The van der Waals surface area contributed by atoms with Gasteiger partial charge < -0.3 is 28.4 Å². The molecule has 0 spiro atoms. The Kier molecular flexibility index (Phi) is 7.94. The van der Waals surface area contributed by atoms with Crippen molar-refractivity contribution in [3.05, 3.63) is 35.4 Å². The highest BCUT2D eigenvalue weighted by molar-refractivity contribution is 5.55. The number of ether oxygens (including phenoxy) is 6. The molecule has 0 unspecified atom stereocenters. The Hall–Kier alpha value is -2.76. The number of methoxy groups -OCH3 is 4. The van der Waals surface area contributed by atoms with Gasteiger partial charge in [0.05, 0.1) is 28.4 Å². The average molecular weight is 417 g/mol. The van der Waals surface area contributed by atoms with Crippen LogP contribution in [0.3, 0.4) is 0 Å². The molecule has 1 aliphatic heterocycles. The molecule has 0 amide bonds. The second-order valence-corrected chi connectivity index (χ2v) is 7.33. The molecular formula is C24H32O6. The summed E-state index contributed by atoms with van der Waals surface area (Å²) in [7, 11) is 6.59. The number of aryl methyl sites for hydroxylation is 2. The van der Waals surface area contributed by atoms with Gasteiger partial charge in [-0.1, -0.05) is 19.3 Å². The first kappa shape index (κ1) is 21.9. The second-order valence-electron chi connectivity index (χ2n) is 7.33. The van der Waals surface area contributed by atoms with Gasteiger partial charge >= 0.3 is 0 Å². The minimum Gasteiger partial charge on any atom is -0.493 e. The van der Waals surface area contributed by atoms with Gasteiger partial charge in [-0.05, 0) is 61.1 Å². The Labute approximate surface area is 179 Å². The molecule has 6 heteroatoms. The smallest absolute Gasteiger partial charge is 0.231 e. The van der Waals surface area contributed by atoms with E-state index in [9.17, 15) is 0 Å². The lowest BCUT2D eigenvalue weighted by Gasteiger charge is -2.14. The van der Waals surface area contributed by atoms with E-state index in [0.717, 1.165) is 37.2 Å². The number of rotatable bonds is 12. The van der Waals surface area contributed by atoms with Crippen molar-refractivity contribution in [2.75, 3.05) is 35.2 Å². The van der Waals surface area contributed by atoms with E-state index < -0.39 is 0 Å². The third-order valence-corrected chi connectivity index (χ3v) is 5.37. The molecule has 0 atom stereocenters. The van der Waals surface area contributed by atoms with Crippen molar-refractivity contribution < 1.29 is 28.4 Å². The van der Waals surface area contributed by atoms with E-state index in [2.05, 4.69) is 12.1 Å². The summed E-state index contributed by atoms with van der Waals surface area (Å²) < 4.78 is 32.6. The van der Waals surface area contributed by atoms with E-state index in [0.29, 0.717) is 23.0 Å². The zero-order valence-electron chi connectivity index (χ0n) is 18.4. The molecule has 3 rings (SSSR count). The van der Waals surface area contributed by atoms with E-state index in [4.69, 9.17) is 28.4 Å². The van der Waals surface area contributed by atoms with Crippen molar-refractivity contribution in [2.45, 2.75) is 44.9 Å². The highest BCUT2D eigenvalue weighted by Crippen LogP contribution is 2.42. The standard InChI is InChI=1S/C24H32O6/c1-25-19-12-17(13-20(26-2)23(19)28-4)10-8-6-5-7-9-11-18-14-21(27-3)24-22(15-18)29-16-30-24/h12-15H,5-11,16H2,1-4H3. The van der Waals surface area contributed by atoms with Gasteiger partial charge in [0.15, 0.2) is 23.0 Å². The summed E-state index contributed by atoms with van der Waals surface area (Å²) in [6, 6.07) is 8.19. The zero-order chi connectivity index (χ0) is 21.3. The molecule has 0 fully saturated rings. The normalized spacial score (nSPS) is 12.0. The summed E-state index contributed by atoms with van der Waals surface area (Å²) in [5.74, 6) is 4.33. The molecule has 0 aromatic heterocycles. The van der Waals surface area contributed by atoms with Crippen LogP contribution in [-0.4, -0.2) is 35.2 Å². The Morgan fingerprint density at radius 3 is 1.73 bits per heavy atom. The van der Waals surface area contributed by atoms with E-state index in [-0.39, 0.29) is 6.79 Å². The molecule has 30 heavy (non-hydrogen) atoms. The maximum Gasteiger partial charge on any atom is 0.231 e. The Morgan fingerprint density at radius 1 is 0.633 bits per heavy atom. The molecular weight excluding hydrogens is 384 g/mol. The zero-order valence-corrected chi connectivity index (χ0v) is 18.4. The number of benzene rings is 2. The molecule has 0 N–H and O–H groups in total. The number of unbranched alkanes of at least 4 members (excludes halogenated alkanes) is 4. The van der Waals surface area contributed by atoms with Crippen LogP contribution in [0.15, 0.2) is 24.3 Å². The summed E-state index contributed by atoms with van der Waals surface area (Å²) in [5, 5.41) is 0. The summed E-state index contributed by atoms with van der Waals surface area (Å²) in [5.41, 5.74) is 2.44. The minimum absolute atomic E-state index is 0.265. The van der Waals surface area contributed by atoms with Crippen molar-refractivity contribution in [1.82, 2.24) is 0 Å². The Balaban J connectivity index is 1.40. The third-order valence-electron chi connectivity index (χ3n) is 5.37. The second kappa shape index (κ2) is 10.9. The van der Waals surface area contributed by atoms with E-state index in [1.165, 1.54) is 30.4 Å². The van der Waals surface area contributed by atoms with Crippen LogP contribution < -0.4 is 28.4 Å². The molecule has 0 saturated carbocycles. The van der Waals surface area contributed by atoms with Gasteiger partial charge in [-0.2, -0.15) is 0 Å². The predicted molar refractivity (Wildman–Crippen MR) is 116 cm³/mol. The molecule has 6 nitrogen and oxygen atoms in total. The van der Waals surface area contributed by atoms with Gasteiger partial charge in [0.2, 0.25) is 18.3 Å². The molecule has 0 radical (unpaired) electrons. The number of fused-ring (bicyclic) bond motifs is 1. The summed E-state index contributed by atoms with van der Waals surface area (Å²) in [6.45, 7) is 0.265. The fourth-order valence-electron chi connectivity index (χ4n) is 3.80. The quantitative estimate of drug-likeness (QED) is 0.444. The molecule has 0 bridgehead atoms. The molecule has 0 saturated heterocycles. The molecule has 2 aromatic rings. The maximum atomic E-state index is 5.50. The lowest BCUT2D eigenvalue weighted by Crippen LogP contribution is -1.97. The van der Waals surface area contributed by atoms with Crippen LogP contribution in [0.5, 0.6) is 34.5 Å². The summed E-state index contributed by atoms with van der Waals surface area (Å²) in [4.78, 5) is 0. The topological polar surface area (TPSA) is 55.4 Å². The lowest BCUT2D eigenvalue weighted by molar-refractivity contribution is 0.171. The molecule has 1 heterocycles. The van der Waals surface area contributed by atoms with Crippen LogP contribution in [0.2, 0.25) is 0 Å². The first-order chi connectivity index (χ1) is 14.7. The largest absolute Gasteiger partial charge is 0.493 e. The Bertz CT molecular complexity index is 808. The van der Waals surface area contributed by atoms with Crippen LogP contribution >= 0.6 is 0 Å². The SMILES string of the molecule is COc1cc(CCCCCCCc2cc(OC)c3c(c2)OCO3)cc(OC)c1OC. The summed E-state index contributed by atoms with van der Waals surface area (Å²) >= 11 is 0. The molecule has 2 aromatic carbocycles.